The van der Waals surface area contributed by atoms with Gasteiger partial charge in [0.05, 0.1) is 19.2 Å². The number of β-amino-alcohol motifs (C(OH)–C–C–N with tert-alkyl or cyclic N) is 1. The van der Waals surface area contributed by atoms with Crippen LogP contribution in [0.1, 0.15) is 38.7 Å². The molecule has 2 amide bonds. The molecule has 0 spiro atoms. The van der Waals surface area contributed by atoms with E-state index in [0.29, 0.717) is 12.3 Å². The summed E-state index contributed by atoms with van der Waals surface area (Å²) >= 11 is 0. The highest BCUT2D eigenvalue weighted by atomic mass is 16.6. The fraction of sp³-hybridized carbons (Fsp3) is 0.647. The van der Waals surface area contributed by atoms with E-state index < -0.39 is 23.8 Å². The Balaban J connectivity index is 2.06. The van der Waals surface area contributed by atoms with E-state index in [-0.39, 0.29) is 18.9 Å². The first-order valence-corrected chi connectivity index (χ1v) is 8.05. The topological polar surface area (TPSA) is 83.2 Å². The van der Waals surface area contributed by atoms with Crippen LogP contribution in [-0.4, -0.2) is 58.2 Å². The number of likely N-dealkylation sites (tertiary alicyclic amines) is 1. The molecule has 0 aromatic carbocycles. The summed E-state index contributed by atoms with van der Waals surface area (Å²) in [6.45, 7) is 7.53. The first-order valence-electron chi connectivity index (χ1n) is 8.05. The molecule has 1 aromatic heterocycles. The Hall–Kier alpha value is -2.02. The van der Waals surface area contributed by atoms with Crippen molar-refractivity contribution in [2.45, 2.75) is 58.4 Å². The number of ether oxygens (including phenoxy) is 1. The standard InChI is InChI=1S/C17H26N2O5/c1-11-6-7-13(23-11)10-18(5)15(21)14-8-12(20)9-19(14)16(22)24-17(2,3)4/h6-7,12,14,20H,8-10H2,1-5H3/t12-,14-/m1/s1. The largest absolute Gasteiger partial charge is 0.464 e. The summed E-state index contributed by atoms with van der Waals surface area (Å²) in [5.41, 5.74) is -0.657. The lowest BCUT2D eigenvalue weighted by atomic mass is 10.1. The van der Waals surface area contributed by atoms with Crippen LogP contribution in [0.3, 0.4) is 0 Å². The Labute approximate surface area is 142 Å². The SMILES string of the molecule is Cc1ccc(CN(C)C(=O)[C@H]2C[C@@H](O)CN2C(=O)OC(C)(C)C)o1. The second-order valence-corrected chi connectivity index (χ2v) is 7.24. The summed E-state index contributed by atoms with van der Waals surface area (Å²) in [5.74, 6) is 1.20. The minimum Gasteiger partial charge on any atom is -0.464 e. The second kappa shape index (κ2) is 6.84. The molecule has 0 bridgehead atoms. The van der Waals surface area contributed by atoms with Gasteiger partial charge in [-0.15, -0.1) is 0 Å². The molecular formula is C17H26N2O5. The van der Waals surface area contributed by atoms with Gasteiger partial charge in [-0.2, -0.15) is 0 Å². The van der Waals surface area contributed by atoms with Crippen molar-refractivity contribution < 1.29 is 23.8 Å². The van der Waals surface area contributed by atoms with Gasteiger partial charge < -0.3 is 19.2 Å². The summed E-state index contributed by atoms with van der Waals surface area (Å²) in [6, 6.07) is 2.92. The molecule has 1 N–H and O–H groups in total. The lowest BCUT2D eigenvalue weighted by Crippen LogP contribution is -2.47. The number of furan rings is 1. The quantitative estimate of drug-likeness (QED) is 0.910. The van der Waals surface area contributed by atoms with Gasteiger partial charge in [0.1, 0.15) is 23.2 Å². The first kappa shape index (κ1) is 18.3. The number of rotatable bonds is 3. The highest BCUT2D eigenvalue weighted by Crippen LogP contribution is 2.23. The summed E-state index contributed by atoms with van der Waals surface area (Å²) in [7, 11) is 1.65. The first-order chi connectivity index (χ1) is 11.1. The zero-order valence-corrected chi connectivity index (χ0v) is 14.9. The van der Waals surface area contributed by atoms with Gasteiger partial charge >= 0.3 is 6.09 Å². The van der Waals surface area contributed by atoms with Gasteiger partial charge in [-0.1, -0.05) is 0 Å². The molecule has 1 saturated heterocycles. The number of aryl methyl sites for hydroxylation is 1. The van der Waals surface area contributed by atoms with E-state index in [0.717, 1.165) is 5.76 Å². The van der Waals surface area contributed by atoms with Crippen LogP contribution < -0.4 is 0 Å². The van der Waals surface area contributed by atoms with Crippen molar-refractivity contribution in [3.8, 4) is 0 Å². The van der Waals surface area contributed by atoms with E-state index in [9.17, 15) is 14.7 Å². The molecule has 2 rings (SSSR count). The van der Waals surface area contributed by atoms with E-state index >= 15 is 0 Å². The highest BCUT2D eigenvalue weighted by Gasteiger charge is 2.42. The van der Waals surface area contributed by atoms with Crippen molar-refractivity contribution in [1.82, 2.24) is 9.80 Å². The Morgan fingerprint density at radius 3 is 2.62 bits per heavy atom. The number of aliphatic hydroxyl groups is 1. The van der Waals surface area contributed by atoms with Gasteiger partial charge in [0.15, 0.2) is 0 Å². The molecule has 1 fully saturated rings. The predicted molar refractivity (Wildman–Crippen MR) is 87.3 cm³/mol. The van der Waals surface area contributed by atoms with Crippen molar-refractivity contribution in [3.63, 3.8) is 0 Å². The molecule has 0 unspecified atom stereocenters. The summed E-state index contributed by atoms with van der Waals surface area (Å²) < 4.78 is 10.8. The normalized spacial score (nSPS) is 21.0. The third-order valence-electron chi connectivity index (χ3n) is 3.76. The van der Waals surface area contributed by atoms with E-state index in [1.165, 1.54) is 9.80 Å². The lowest BCUT2D eigenvalue weighted by molar-refractivity contribution is -0.135. The molecule has 1 aromatic rings. The predicted octanol–water partition coefficient (Wildman–Crippen LogP) is 1.92. The minimum absolute atomic E-state index is 0.0963. The van der Waals surface area contributed by atoms with Gasteiger partial charge in [-0.25, -0.2) is 4.79 Å². The maximum atomic E-state index is 12.7. The maximum Gasteiger partial charge on any atom is 0.411 e. The van der Waals surface area contributed by atoms with Crippen LogP contribution in [0.5, 0.6) is 0 Å². The number of likely N-dealkylation sites (N-methyl/N-ethyl adjacent to an activating group) is 1. The number of carbonyl (C=O) groups is 2. The van der Waals surface area contributed by atoms with Crippen LogP contribution >= 0.6 is 0 Å². The second-order valence-electron chi connectivity index (χ2n) is 7.24. The number of hydrogen-bond donors (Lipinski definition) is 1. The van der Waals surface area contributed by atoms with Gasteiger partial charge in [-0.3, -0.25) is 9.69 Å². The molecule has 0 saturated carbocycles. The average Bonchev–Trinajstić information content (AvgIpc) is 3.02. The van der Waals surface area contributed by atoms with Crippen molar-refractivity contribution in [2.24, 2.45) is 0 Å². The molecule has 134 valence electrons. The molecule has 24 heavy (non-hydrogen) atoms. The molecule has 1 aliphatic heterocycles. The zero-order chi connectivity index (χ0) is 18.1. The summed E-state index contributed by atoms with van der Waals surface area (Å²) in [6.07, 6.45) is -1.11. The number of nitrogens with zero attached hydrogens (tertiary/aromatic N) is 2. The number of hydrogen-bond acceptors (Lipinski definition) is 5. The minimum atomic E-state index is -0.731. The molecule has 1 aliphatic rings. The van der Waals surface area contributed by atoms with E-state index in [4.69, 9.17) is 9.15 Å². The van der Waals surface area contributed by atoms with Crippen molar-refractivity contribution >= 4 is 12.0 Å². The molecule has 7 heteroatoms. The Morgan fingerprint density at radius 1 is 1.42 bits per heavy atom. The molecule has 2 heterocycles. The van der Waals surface area contributed by atoms with E-state index in [2.05, 4.69) is 0 Å². The summed E-state index contributed by atoms with van der Waals surface area (Å²) in [4.78, 5) is 27.8. The van der Waals surface area contributed by atoms with E-state index in [1.54, 1.807) is 27.8 Å². The highest BCUT2D eigenvalue weighted by molar-refractivity contribution is 5.86. The third-order valence-corrected chi connectivity index (χ3v) is 3.76. The van der Waals surface area contributed by atoms with Crippen molar-refractivity contribution in [2.75, 3.05) is 13.6 Å². The van der Waals surface area contributed by atoms with Crippen molar-refractivity contribution in [3.05, 3.63) is 23.7 Å². The number of aliphatic hydroxyl groups excluding tert-OH is 1. The van der Waals surface area contributed by atoms with Crippen LogP contribution in [0.15, 0.2) is 16.5 Å². The molecular weight excluding hydrogens is 312 g/mol. The van der Waals surface area contributed by atoms with Crippen LogP contribution in [0.2, 0.25) is 0 Å². The maximum absolute atomic E-state index is 12.7. The molecule has 0 radical (unpaired) electrons. The third kappa shape index (κ3) is 4.50. The lowest BCUT2D eigenvalue weighted by Gasteiger charge is -2.29. The van der Waals surface area contributed by atoms with Crippen molar-refractivity contribution in [1.29, 1.82) is 0 Å². The van der Waals surface area contributed by atoms with Gasteiger partial charge in [-0.05, 0) is 39.8 Å². The van der Waals surface area contributed by atoms with Crippen LogP contribution in [0.25, 0.3) is 0 Å². The monoisotopic (exact) mass is 338 g/mol. The molecule has 7 nitrogen and oxygen atoms in total. The van der Waals surface area contributed by atoms with E-state index in [1.807, 2.05) is 19.1 Å². The zero-order valence-electron chi connectivity index (χ0n) is 14.9. The van der Waals surface area contributed by atoms with Crippen LogP contribution in [0, 0.1) is 6.92 Å². The van der Waals surface area contributed by atoms with Gasteiger partial charge in [0, 0.05) is 13.5 Å². The van der Waals surface area contributed by atoms with Crippen LogP contribution in [0.4, 0.5) is 4.79 Å². The fourth-order valence-electron chi connectivity index (χ4n) is 2.71. The summed E-state index contributed by atoms with van der Waals surface area (Å²) in [5, 5.41) is 9.90. The fourth-order valence-corrected chi connectivity index (χ4v) is 2.71. The molecule has 2 atom stereocenters. The Bertz CT molecular complexity index is 604. The molecule has 0 aliphatic carbocycles. The number of carbonyl (C=O) groups excluding carboxylic acids is 2. The smallest absolute Gasteiger partial charge is 0.411 e. The average molecular weight is 338 g/mol. The van der Waals surface area contributed by atoms with Gasteiger partial charge in [0.25, 0.3) is 0 Å². The van der Waals surface area contributed by atoms with Gasteiger partial charge in [0.2, 0.25) is 5.91 Å². The Kier molecular flexibility index (Phi) is 5.22. The van der Waals surface area contributed by atoms with Crippen LogP contribution in [-0.2, 0) is 16.1 Å². The number of amides is 2. The Morgan fingerprint density at radius 2 is 2.08 bits per heavy atom.